The van der Waals surface area contributed by atoms with Crippen molar-refractivity contribution in [1.82, 2.24) is 15.6 Å². The van der Waals surface area contributed by atoms with E-state index in [4.69, 9.17) is 4.99 Å². The van der Waals surface area contributed by atoms with Gasteiger partial charge in [0, 0.05) is 37.9 Å². The van der Waals surface area contributed by atoms with Gasteiger partial charge in [-0.15, -0.1) is 24.0 Å². The number of aromatic nitrogens is 1. The van der Waals surface area contributed by atoms with E-state index >= 15 is 0 Å². The Balaban J connectivity index is 0.00000210. The van der Waals surface area contributed by atoms with Gasteiger partial charge in [-0.05, 0) is 43.7 Å². The Morgan fingerprint density at radius 3 is 2.67 bits per heavy atom. The van der Waals surface area contributed by atoms with Gasteiger partial charge >= 0.3 is 0 Å². The highest BCUT2D eigenvalue weighted by atomic mass is 127. The van der Waals surface area contributed by atoms with Crippen LogP contribution in [0.3, 0.4) is 0 Å². The van der Waals surface area contributed by atoms with E-state index in [1.54, 1.807) is 0 Å². The van der Waals surface area contributed by atoms with Crippen LogP contribution in [0.4, 0.5) is 5.82 Å². The summed E-state index contributed by atoms with van der Waals surface area (Å²) in [7, 11) is -2.84. The standard InChI is InChI=1S/C18H27N5O2S.HI/c24-26(25)10-7-14(13-26)11-20-18(21-15-4-5-15)22-16-6-9-23(12-16)17-3-1-2-8-19-17;/h1-3,8,14-16H,4-7,9-13H2,(H2,20,21,22);1H. The molecule has 3 aliphatic rings. The van der Waals surface area contributed by atoms with Gasteiger partial charge in [-0.3, -0.25) is 4.99 Å². The summed E-state index contributed by atoms with van der Waals surface area (Å²) in [6.07, 6.45) is 5.97. The number of halogens is 1. The van der Waals surface area contributed by atoms with Crippen LogP contribution in [0.15, 0.2) is 29.4 Å². The minimum atomic E-state index is -2.84. The van der Waals surface area contributed by atoms with Crippen molar-refractivity contribution in [3.05, 3.63) is 24.4 Å². The molecule has 0 spiro atoms. The number of hydrogen-bond donors (Lipinski definition) is 2. The van der Waals surface area contributed by atoms with Crippen molar-refractivity contribution in [1.29, 1.82) is 0 Å². The zero-order valence-corrected chi connectivity index (χ0v) is 18.5. The number of sulfone groups is 1. The average molecular weight is 505 g/mol. The Morgan fingerprint density at radius 2 is 2.00 bits per heavy atom. The SMILES string of the molecule is I.O=S1(=O)CCC(CN=C(NC2CC2)NC2CCN(c3ccccn3)C2)C1. The van der Waals surface area contributed by atoms with Crippen molar-refractivity contribution in [3.63, 3.8) is 0 Å². The highest BCUT2D eigenvalue weighted by Crippen LogP contribution is 2.21. The third kappa shape index (κ3) is 5.94. The minimum absolute atomic E-state index is 0. The Hall–Kier alpha value is -1.10. The Kier molecular flexibility index (Phi) is 6.83. The smallest absolute Gasteiger partial charge is 0.191 e. The van der Waals surface area contributed by atoms with Crippen LogP contribution in [0.5, 0.6) is 0 Å². The number of nitrogens with one attached hydrogen (secondary N) is 2. The molecule has 2 aliphatic heterocycles. The second-order valence-electron chi connectivity index (χ2n) is 7.64. The molecule has 0 amide bonds. The monoisotopic (exact) mass is 505 g/mol. The van der Waals surface area contributed by atoms with Crippen molar-refractivity contribution in [2.24, 2.45) is 10.9 Å². The van der Waals surface area contributed by atoms with Gasteiger partial charge in [-0.25, -0.2) is 13.4 Å². The summed E-state index contributed by atoms with van der Waals surface area (Å²) in [5, 5.41) is 7.02. The van der Waals surface area contributed by atoms with Gasteiger partial charge < -0.3 is 15.5 Å². The molecule has 0 aromatic carbocycles. The Labute approximate surface area is 178 Å². The fraction of sp³-hybridized carbons (Fsp3) is 0.667. The predicted molar refractivity (Wildman–Crippen MR) is 119 cm³/mol. The van der Waals surface area contributed by atoms with Crippen LogP contribution in [0.1, 0.15) is 25.7 Å². The predicted octanol–water partition coefficient (Wildman–Crippen LogP) is 1.41. The number of hydrogen-bond acceptors (Lipinski definition) is 5. The van der Waals surface area contributed by atoms with Gasteiger partial charge in [0.05, 0.1) is 11.5 Å². The van der Waals surface area contributed by atoms with Crippen LogP contribution < -0.4 is 15.5 Å². The first-order valence-corrected chi connectivity index (χ1v) is 11.3. The third-order valence-corrected chi connectivity index (χ3v) is 7.09. The Morgan fingerprint density at radius 1 is 1.19 bits per heavy atom. The number of nitrogens with zero attached hydrogens (tertiary/aromatic N) is 3. The molecule has 0 radical (unpaired) electrons. The minimum Gasteiger partial charge on any atom is -0.354 e. The lowest BCUT2D eigenvalue weighted by Crippen LogP contribution is -2.45. The fourth-order valence-electron chi connectivity index (χ4n) is 3.61. The summed E-state index contributed by atoms with van der Waals surface area (Å²) >= 11 is 0. The number of aliphatic imine (C=N–C) groups is 1. The molecule has 4 rings (SSSR count). The Bertz CT molecular complexity index is 754. The molecular formula is C18H28IN5O2S. The van der Waals surface area contributed by atoms with Crippen LogP contribution in [-0.4, -0.2) is 62.6 Å². The molecule has 1 saturated carbocycles. The summed E-state index contributed by atoms with van der Waals surface area (Å²) in [5.41, 5.74) is 0. The van der Waals surface area contributed by atoms with Crippen LogP contribution in [0.25, 0.3) is 0 Å². The van der Waals surface area contributed by atoms with Crippen molar-refractivity contribution in [3.8, 4) is 0 Å². The van der Waals surface area contributed by atoms with Gasteiger partial charge in [0.25, 0.3) is 0 Å². The number of guanidine groups is 1. The zero-order valence-electron chi connectivity index (χ0n) is 15.4. The topological polar surface area (TPSA) is 86.7 Å². The van der Waals surface area contributed by atoms with Crippen molar-refractivity contribution in [2.45, 2.75) is 37.8 Å². The maximum atomic E-state index is 11.6. The normalized spacial score (nSPS) is 27.3. The number of pyridine rings is 1. The van der Waals surface area contributed by atoms with Gasteiger partial charge in [0.2, 0.25) is 0 Å². The largest absolute Gasteiger partial charge is 0.354 e. The van der Waals surface area contributed by atoms with E-state index in [0.29, 0.717) is 24.4 Å². The maximum absolute atomic E-state index is 11.6. The molecule has 27 heavy (non-hydrogen) atoms. The number of anilines is 1. The van der Waals surface area contributed by atoms with Crippen LogP contribution in [0, 0.1) is 5.92 Å². The second kappa shape index (κ2) is 8.93. The van der Waals surface area contributed by atoms with E-state index < -0.39 is 9.84 Å². The van der Waals surface area contributed by atoms with E-state index in [9.17, 15) is 8.42 Å². The molecule has 2 atom stereocenters. The summed E-state index contributed by atoms with van der Waals surface area (Å²) in [5.74, 6) is 2.61. The summed E-state index contributed by atoms with van der Waals surface area (Å²) in [6, 6.07) is 6.83. The average Bonchev–Trinajstić information content (AvgIpc) is 3.20. The van der Waals surface area contributed by atoms with Crippen LogP contribution in [0.2, 0.25) is 0 Å². The molecule has 3 heterocycles. The lowest BCUT2D eigenvalue weighted by atomic mass is 10.1. The van der Waals surface area contributed by atoms with Crippen LogP contribution in [-0.2, 0) is 9.84 Å². The van der Waals surface area contributed by atoms with Gasteiger partial charge in [0.15, 0.2) is 15.8 Å². The summed E-state index contributed by atoms with van der Waals surface area (Å²) in [6.45, 7) is 2.46. The molecular weight excluding hydrogens is 477 g/mol. The quantitative estimate of drug-likeness (QED) is 0.358. The fourth-order valence-corrected chi connectivity index (χ4v) is 5.46. The van der Waals surface area contributed by atoms with Crippen molar-refractivity contribution in [2.75, 3.05) is 36.0 Å². The second-order valence-corrected chi connectivity index (χ2v) is 9.87. The molecule has 0 bridgehead atoms. The molecule has 1 aliphatic carbocycles. The molecule has 1 aromatic heterocycles. The molecule has 150 valence electrons. The van der Waals surface area contributed by atoms with Gasteiger partial charge in [-0.2, -0.15) is 0 Å². The van der Waals surface area contributed by atoms with E-state index in [1.165, 1.54) is 12.8 Å². The first-order valence-electron chi connectivity index (χ1n) is 9.51. The third-order valence-electron chi connectivity index (χ3n) is 5.25. The molecule has 3 fully saturated rings. The van der Waals surface area contributed by atoms with Crippen LogP contribution >= 0.6 is 24.0 Å². The lowest BCUT2D eigenvalue weighted by molar-refractivity contribution is 0.585. The first kappa shape index (κ1) is 20.6. The van der Waals surface area contributed by atoms with Gasteiger partial charge in [0.1, 0.15) is 5.82 Å². The molecule has 2 saturated heterocycles. The van der Waals surface area contributed by atoms with Crippen molar-refractivity contribution >= 4 is 45.6 Å². The van der Waals surface area contributed by atoms with Gasteiger partial charge in [-0.1, -0.05) is 6.07 Å². The van der Waals surface area contributed by atoms with E-state index in [1.807, 2.05) is 24.4 Å². The molecule has 9 heteroatoms. The zero-order chi connectivity index (χ0) is 18.0. The number of rotatable bonds is 5. The maximum Gasteiger partial charge on any atom is 0.191 e. The molecule has 2 N–H and O–H groups in total. The van der Waals surface area contributed by atoms with E-state index in [0.717, 1.165) is 37.7 Å². The van der Waals surface area contributed by atoms with E-state index in [2.05, 4.69) is 20.5 Å². The molecule has 2 unspecified atom stereocenters. The summed E-state index contributed by atoms with van der Waals surface area (Å²) in [4.78, 5) is 11.4. The lowest BCUT2D eigenvalue weighted by Gasteiger charge is -2.20. The first-order chi connectivity index (χ1) is 12.6. The molecule has 1 aromatic rings. The molecule has 7 nitrogen and oxygen atoms in total. The summed E-state index contributed by atoms with van der Waals surface area (Å²) < 4.78 is 23.3. The van der Waals surface area contributed by atoms with Crippen molar-refractivity contribution < 1.29 is 8.42 Å². The highest BCUT2D eigenvalue weighted by Gasteiger charge is 2.29. The van der Waals surface area contributed by atoms with E-state index in [-0.39, 0.29) is 35.6 Å². The highest BCUT2D eigenvalue weighted by molar-refractivity contribution is 14.0.